The Morgan fingerprint density at radius 3 is 2.64 bits per heavy atom. The number of hydrogen-bond acceptors (Lipinski definition) is 7. The molecule has 1 aromatic carbocycles. The SMILES string of the molecule is Cc1nnc(-c2ccc3cnc(NC(=O)C4CCC(N(C)C)CC4)nc3c2)s1. The van der Waals surface area contributed by atoms with Crippen molar-refractivity contribution < 1.29 is 4.79 Å². The third-order valence-corrected chi connectivity index (χ3v) is 6.28. The van der Waals surface area contributed by atoms with E-state index in [-0.39, 0.29) is 11.8 Å². The number of carbonyl (C=O) groups excluding carboxylic acids is 1. The number of hydrogen-bond donors (Lipinski definition) is 1. The van der Waals surface area contributed by atoms with Gasteiger partial charge < -0.3 is 4.90 Å². The molecule has 0 atom stereocenters. The van der Waals surface area contributed by atoms with Gasteiger partial charge in [-0.3, -0.25) is 10.1 Å². The maximum absolute atomic E-state index is 12.6. The number of rotatable bonds is 4. The van der Waals surface area contributed by atoms with Crippen molar-refractivity contribution in [2.75, 3.05) is 19.4 Å². The molecule has 1 aliphatic rings. The average molecular weight is 397 g/mol. The third-order valence-electron chi connectivity index (χ3n) is 5.39. The topological polar surface area (TPSA) is 83.9 Å². The summed E-state index contributed by atoms with van der Waals surface area (Å²) in [7, 11) is 4.21. The highest BCUT2D eigenvalue weighted by Crippen LogP contribution is 2.28. The molecule has 1 aliphatic carbocycles. The molecule has 2 aromatic heterocycles. The van der Waals surface area contributed by atoms with E-state index >= 15 is 0 Å². The van der Waals surface area contributed by atoms with E-state index in [1.807, 2.05) is 25.1 Å². The van der Waals surface area contributed by atoms with Crippen molar-refractivity contribution >= 4 is 34.1 Å². The van der Waals surface area contributed by atoms with Gasteiger partial charge in [-0.25, -0.2) is 9.97 Å². The quantitative estimate of drug-likeness (QED) is 0.726. The Hall–Kier alpha value is -2.45. The maximum Gasteiger partial charge on any atom is 0.229 e. The summed E-state index contributed by atoms with van der Waals surface area (Å²) in [6.07, 6.45) is 5.66. The lowest BCUT2D eigenvalue weighted by molar-refractivity contribution is -0.121. The number of carbonyl (C=O) groups is 1. The molecule has 8 heteroatoms. The molecule has 4 rings (SSSR count). The van der Waals surface area contributed by atoms with Crippen molar-refractivity contribution in [2.45, 2.75) is 38.6 Å². The molecule has 1 fully saturated rings. The monoisotopic (exact) mass is 396 g/mol. The van der Waals surface area contributed by atoms with Crippen LogP contribution >= 0.6 is 11.3 Å². The van der Waals surface area contributed by atoms with Crippen molar-refractivity contribution in [3.8, 4) is 10.6 Å². The molecule has 28 heavy (non-hydrogen) atoms. The average Bonchev–Trinajstić information content (AvgIpc) is 3.14. The Bertz CT molecular complexity index is 993. The summed E-state index contributed by atoms with van der Waals surface area (Å²) in [5, 5.41) is 13.9. The number of aromatic nitrogens is 4. The van der Waals surface area contributed by atoms with Gasteiger partial charge in [0.15, 0.2) is 0 Å². The molecule has 0 saturated heterocycles. The minimum Gasteiger partial charge on any atom is -0.306 e. The number of benzene rings is 1. The lowest BCUT2D eigenvalue weighted by atomic mass is 9.85. The second kappa shape index (κ2) is 7.89. The summed E-state index contributed by atoms with van der Waals surface area (Å²) in [6, 6.07) is 6.50. The molecule has 0 radical (unpaired) electrons. The smallest absolute Gasteiger partial charge is 0.229 e. The standard InChI is InChI=1S/C20H24N6OS/c1-12-24-25-19(28-12)14-4-5-15-11-21-20(22-17(15)10-14)23-18(27)13-6-8-16(9-7-13)26(2)3/h4-5,10-11,13,16H,6-9H2,1-3H3,(H,21,22,23,27). The van der Waals surface area contributed by atoms with Gasteiger partial charge in [-0.2, -0.15) is 0 Å². The molecule has 1 amide bonds. The van der Waals surface area contributed by atoms with Crippen LogP contribution in [0.2, 0.25) is 0 Å². The molecule has 2 heterocycles. The normalized spacial score (nSPS) is 19.9. The highest BCUT2D eigenvalue weighted by atomic mass is 32.1. The second-order valence-corrected chi connectivity index (χ2v) is 8.73. The number of anilines is 1. The van der Waals surface area contributed by atoms with Crippen LogP contribution in [-0.4, -0.2) is 51.1 Å². The largest absolute Gasteiger partial charge is 0.306 e. The van der Waals surface area contributed by atoms with Crippen LogP contribution < -0.4 is 5.32 Å². The van der Waals surface area contributed by atoms with Crippen molar-refractivity contribution in [3.05, 3.63) is 29.4 Å². The number of nitrogens with zero attached hydrogens (tertiary/aromatic N) is 5. The molecule has 7 nitrogen and oxygen atoms in total. The summed E-state index contributed by atoms with van der Waals surface area (Å²) in [5.41, 5.74) is 1.75. The summed E-state index contributed by atoms with van der Waals surface area (Å²) in [6.45, 7) is 1.93. The van der Waals surface area contributed by atoms with Crippen LogP contribution in [0.5, 0.6) is 0 Å². The van der Waals surface area contributed by atoms with Crippen molar-refractivity contribution in [3.63, 3.8) is 0 Å². The highest BCUT2D eigenvalue weighted by Gasteiger charge is 2.27. The van der Waals surface area contributed by atoms with E-state index in [0.717, 1.165) is 52.2 Å². The fourth-order valence-electron chi connectivity index (χ4n) is 3.70. The number of amides is 1. The van der Waals surface area contributed by atoms with Crippen molar-refractivity contribution in [1.29, 1.82) is 0 Å². The van der Waals surface area contributed by atoms with Crippen LogP contribution in [0.3, 0.4) is 0 Å². The van der Waals surface area contributed by atoms with Crippen molar-refractivity contribution in [1.82, 2.24) is 25.1 Å². The molecular formula is C20H24N6OS. The summed E-state index contributed by atoms with van der Waals surface area (Å²) in [4.78, 5) is 23.8. The molecular weight excluding hydrogens is 372 g/mol. The van der Waals surface area contributed by atoms with Gasteiger partial charge in [0.2, 0.25) is 11.9 Å². The zero-order valence-corrected chi connectivity index (χ0v) is 17.2. The highest BCUT2D eigenvalue weighted by molar-refractivity contribution is 7.14. The molecule has 1 saturated carbocycles. The molecule has 3 aromatic rings. The number of fused-ring (bicyclic) bond motifs is 1. The van der Waals surface area contributed by atoms with Crippen LogP contribution in [0.15, 0.2) is 24.4 Å². The van der Waals surface area contributed by atoms with Crippen LogP contribution in [0.4, 0.5) is 5.95 Å². The van der Waals surface area contributed by atoms with Gasteiger partial charge in [0.1, 0.15) is 10.0 Å². The van der Waals surface area contributed by atoms with Gasteiger partial charge in [0.25, 0.3) is 0 Å². The van der Waals surface area contributed by atoms with E-state index in [0.29, 0.717) is 12.0 Å². The maximum atomic E-state index is 12.6. The van der Waals surface area contributed by atoms with Crippen LogP contribution in [0.25, 0.3) is 21.5 Å². The lowest BCUT2D eigenvalue weighted by Crippen LogP contribution is -2.35. The first-order chi connectivity index (χ1) is 13.5. The molecule has 0 aliphatic heterocycles. The first-order valence-electron chi connectivity index (χ1n) is 9.54. The van der Waals surface area contributed by atoms with Gasteiger partial charge >= 0.3 is 0 Å². The van der Waals surface area contributed by atoms with Crippen LogP contribution in [0.1, 0.15) is 30.7 Å². The Morgan fingerprint density at radius 2 is 1.96 bits per heavy atom. The summed E-state index contributed by atoms with van der Waals surface area (Å²) in [5.74, 6) is 0.413. The van der Waals surface area contributed by atoms with E-state index in [2.05, 4.69) is 44.5 Å². The van der Waals surface area contributed by atoms with E-state index in [9.17, 15) is 4.79 Å². The minimum atomic E-state index is 0.0208. The number of nitrogens with one attached hydrogen (secondary N) is 1. The second-order valence-electron chi connectivity index (χ2n) is 7.55. The van der Waals surface area contributed by atoms with Gasteiger partial charge in [-0.15, -0.1) is 10.2 Å². The summed E-state index contributed by atoms with van der Waals surface area (Å²) < 4.78 is 0. The lowest BCUT2D eigenvalue weighted by Gasteiger charge is -2.31. The van der Waals surface area contributed by atoms with Crippen LogP contribution in [0, 0.1) is 12.8 Å². The first kappa shape index (κ1) is 18.9. The minimum absolute atomic E-state index is 0.0208. The zero-order valence-electron chi connectivity index (χ0n) is 16.3. The Labute approximate surface area is 168 Å². The molecule has 0 bridgehead atoms. The molecule has 1 N–H and O–H groups in total. The van der Waals surface area contributed by atoms with E-state index in [1.165, 1.54) is 0 Å². The molecule has 146 valence electrons. The van der Waals surface area contributed by atoms with E-state index < -0.39 is 0 Å². The Balaban J connectivity index is 1.49. The fourth-order valence-corrected chi connectivity index (χ4v) is 4.38. The van der Waals surface area contributed by atoms with Gasteiger partial charge in [0, 0.05) is 29.1 Å². The zero-order chi connectivity index (χ0) is 19.7. The van der Waals surface area contributed by atoms with Gasteiger partial charge in [0.05, 0.1) is 5.52 Å². The fraction of sp³-hybridized carbons (Fsp3) is 0.450. The first-order valence-corrected chi connectivity index (χ1v) is 10.4. The predicted octanol–water partition coefficient (Wildman–Crippen LogP) is 3.52. The molecule has 0 unspecified atom stereocenters. The van der Waals surface area contributed by atoms with Crippen LogP contribution in [-0.2, 0) is 4.79 Å². The summed E-state index contributed by atoms with van der Waals surface area (Å²) >= 11 is 1.55. The molecule has 0 spiro atoms. The van der Waals surface area contributed by atoms with Gasteiger partial charge in [-0.05, 0) is 52.8 Å². The number of aryl methyl sites for hydroxylation is 1. The third kappa shape index (κ3) is 4.02. The van der Waals surface area contributed by atoms with E-state index in [4.69, 9.17) is 0 Å². The van der Waals surface area contributed by atoms with E-state index in [1.54, 1.807) is 17.5 Å². The predicted molar refractivity (Wildman–Crippen MR) is 111 cm³/mol. The Kier molecular flexibility index (Phi) is 5.32. The van der Waals surface area contributed by atoms with Gasteiger partial charge in [-0.1, -0.05) is 23.5 Å². The van der Waals surface area contributed by atoms with Crippen molar-refractivity contribution in [2.24, 2.45) is 5.92 Å². The Morgan fingerprint density at radius 1 is 1.18 bits per heavy atom.